The van der Waals surface area contributed by atoms with Gasteiger partial charge in [0.1, 0.15) is 0 Å². The average molecular weight is 215 g/mol. The minimum absolute atomic E-state index is 0.430. The number of urea groups is 1. The Bertz CT molecular complexity index is 278. The Hall–Kier alpha value is -1.14. The summed E-state index contributed by atoms with van der Waals surface area (Å²) in [6, 6.07) is -1.30. The molecule has 2 unspecified atom stereocenters. The number of nitrogens with two attached hydrogens (primary N) is 1. The highest BCUT2D eigenvalue weighted by Gasteiger charge is 2.35. The molecule has 2 atom stereocenters. The number of imide groups is 1. The third-order valence-corrected chi connectivity index (χ3v) is 2.65. The number of carbonyl (C=O) groups excluding carboxylic acids is 2. The maximum absolute atomic E-state index is 11.4. The van der Waals surface area contributed by atoms with Crippen molar-refractivity contribution in [1.82, 2.24) is 10.2 Å². The Labute approximate surface area is 88.4 Å². The Morgan fingerprint density at radius 3 is 2.60 bits per heavy atom. The lowest BCUT2D eigenvalue weighted by molar-refractivity contribution is -0.124. The van der Waals surface area contributed by atoms with Crippen LogP contribution in [-0.2, 0) is 4.79 Å². The molecule has 3 amide bonds. The molecular formula is C9H17N3O3. The van der Waals surface area contributed by atoms with Gasteiger partial charge in [-0.15, -0.1) is 0 Å². The first-order valence-electron chi connectivity index (χ1n) is 4.88. The number of hydrogen-bond acceptors (Lipinski definition) is 4. The minimum Gasteiger partial charge on any atom is -0.389 e. The van der Waals surface area contributed by atoms with Gasteiger partial charge < -0.3 is 10.8 Å². The van der Waals surface area contributed by atoms with Gasteiger partial charge in [-0.1, -0.05) is 0 Å². The van der Waals surface area contributed by atoms with Crippen LogP contribution in [0.2, 0.25) is 0 Å². The number of carbonyl (C=O) groups is 2. The first kappa shape index (κ1) is 11.9. The second kappa shape index (κ2) is 4.16. The summed E-state index contributed by atoms with van der Waals surface area (Å²) < 4.78 is 0. The van der Waals surface area contributed by atoms with Crippen molar-refractivity contribution in [2.24, 2.45) is 5.73 Å². The summed E-state index contributed by atoms with van der Waals surface area (Å²) in [5, 5.41) is 11.7. The van der Waals surface area contributed by atoms with E-state index in [1.165, 1.54) is 0 Å². The molecule has 15 heavy (non-hydrogen) atoms. The van der Waals surface area contributed by atoms with E-state index in [2.05, 4.69) is 0 Å². The third-order valence-electron chi connectivity index (χ3n) is 2.65. The average Bonchev–Trinajstić information content (AvgIpc) is 2.43. The van der Waals surface area contributed by atoms with Crippen molar-refractivity contribution in [2.45, 2.75) is 31.9 Å². The first-order chi connectivity index (χ1) is 6.82. The smallest absolute Gasteiger partial charge is 0.318 e. The number of likely N-dealkylation sites (tertiary alicyclic amines) is 1. The van der Waals surface area contributed by atoms with Crippen molar-refractivity contribution in [2.75, 3.05) is 13.1 Å². The van der Waals surface area contributed by atoms with Gasteiger partial charge in [-0.2, -0.15) is 0 Å². The van der Waals surface area contributed by atoms with E-state index in [1.54, 1.807) is 13.8 Å². The standard InChI is InChI=1S/C9H17N3O3/c1-6(7(13)11-8(10)14)12-4-3-9(2,15)5-12/h6,15H,3-5H2,1-2H3,(H3,10,11,13,14). The van der Waals surface area contributed by atoms with Crippen LogP contribution in [0.5, 0.6) is 0 Å². The second-order valence-electron chi connectivity index (χ2n) is 4.25. The molecule has 1 fully saturated rings. The summed E-state index contributed by atoms with van der Waals surface area (Å²) in [6.07, 6.45) is 0.626. The summed E-state index contributed by atoms with van der Waals surface area (Å²) in [5.74, 6) is -0.430. The van der Waals surface area contributed by atoms with Gasteiger partial charge in [-0.05, 0) is 20.3 Å². The maximum Gasteiger partial charge on any atom is 0.318 e. The van der Waals surface area contributed by atoms with Crippen molar-refractivity contribution in [3.8, 4) is 0 Å². The van der Waals surface area contributed by atoms with E-state index in [-0.39, 0.29) is 0 Å². The Kier molecular flexibility index (Phi) is 3.31. The molecule has 0 aromatic carbocycles. The molecule has 1 heterocycles. The van der Waals surface area contributed by atoms with E-state index in [0.29, 0.717) is 19.5 Å². The lowest BCUT2D eigenvalue weighted by Crippen LogP contribution is -2.48. The van der Waals surface area contributed by atoms with E-state index in [0.717, 1.165) is 0 Å². The molecule has 1 saturated heterocycles. The quantitative estimate of drug-likeness (QED) is 0.552. The molecule has 0 radical (unpaired) electrons. The van der Waals surface area contributed by atoms with Gasteiger partial charge in [0.15, 0.2) is 0 Å². The minimum atomic E-state index is -0.849. The van der Waals surface area contributed by atoms with Gasteiger partial charge in [0.25, 0.3) is 0 Å². The summed E-state index contributed by atoms with van der Waals surface area (Å²) in [4.78, 5) is 23.7. The maximum atomic E-state index is 11.4. The normalized spacial score (nSPS) is 28.7. The van der Waals surface area contributed by atoms with E-state index >= 15 is 0 Å². The zero-order valence-electron chi connectivity index (χ0n) is 8.99. The van der Waals surface area contributed by atoms with E-state index < -0.39 is 23.6 Å². The zero-order chi connectivity index (χ0) is 11.6. The van der Waals surface area contributed by atoms with Crippen molar-refractivity contribution in [3.63, 3.8) is 0 Å². The number of β-amino-alcohol motifs (C(OH)–C–C–N with tert-alkyl or cyclic N) is 1. The van der Waals surface area contributed by atoms with Gasteiger partial charge in [0.05, 0.1) is 11.6 Å². The predicted molar refractivity (Wildman–Crippen MR) is 54.0 cm³/mol. The van der Waals surface area contributed by atoms with Crippen LogP contribution in [0.15, 0.2) is 0 Å². The fraction of sp³-hybridized carbons (Fsp3) is 0.778. The fourth-order valence-corrected chi connectivity index (χ4v) is 1.70. The first-order valence-corrected chi connectivity index (χ1v) is 4.88. The van der Waals surface area contributed by atoms with E-state index in [9.17, 15) is 14.7 Å². The SMILES string of the molecule is CC(C(=O)NC(N)=O)N1CCC(C)(O)C1. The fourth-order valence-electron chi connectivity index (χ4n) is 1.70. The van der Waals surface area contributed by atoms with Crippen LogP contribution < -0.4 is 11.1 Å². The van der Waals surface area contributed by atoms with Crippen LogP contribution >= 0.6 is 0 Å². The van der Waals surface area contributed by atoms with Crippen molar-refractivity contribution < 1.29 is 14.7 Å². The van der Waals surface area contributed by atoms with Crippen LogP contribution in [0.1, 0.15) is 20.3 Å². The molecule has 0 bridgehead atoms. The Morgan fingerprint density at radius 1 is 1.60 bits per heavy atom. The zero-order valence-corrected chi connectivity index (χ0v) is 8.99. The molecule has 1 aliphatic rings. The van der Waals surface area contributed by atoms with E-state index in [1.807, 2.05) is 10.2 Å². The summed E-state index contributed by atoms with van der Waals surface area (Å²) in [7, 11) is 0. The van der Waals surface area contributed by atoms with Gasteiger partial charge in [-0.25, -0.2) is 4.79 Å². The molecule has 0 aliphatic carbocycles. The highest BCUT2D eigenvalue weighted by molar-refractivity contribution is 5.96. The number of aliphatic hydroxyl groups is 1. The molecule has 4 N–H and O–H groups in total. The monoisotopic (exact) mass is 215 g/mol. The van der Waals surface area contributed by atoms with Crippen LogP contribution in [0.25, 0.3) is 0 Å². The molecule has 0 spiro atoms. The number of hydrogen-bond donors (Lipinski definition) is 3. The Morgan fingerprint density at radius 2 is 2.20 bits per heavy atom. The van der Waals surface area contributed by atoms with E-state index in [4.69, 9.17) is 5.73 Å². The van der Waals surface area contributed by atoms with Gasteiger partial charge in [-0.3, -0.25) is 15.0 Å². The van der Waals surface area contributed by atoms with Gasteiger partial charge >= 0.3 is 6.03 Å². The number of nitrogens with one attached hydrogen (secondary N) is 1. The molecule has 0 saturated carbocycles. The highest BCUT2D eigenvalue weighted by Crippen LogP contribution is 2.21. The number of nitrogens with zero attached hydrogens (tertiary/aromatic N) is 1. The van der Waals surface area contributed by atoms with Crippen LogP contribution in [-0.4, -0.2) is 46.7 Å². The Balaban J connectivity index is 2.51. The van der Waals surface area contributed by atoms with Crippen molar-refractivity contribution in [1.29, 1.82) is 0 Å². The molecule has 6 heteroatoms. The summed E-state index contributed by atoms with van der Waals surface area (Å²) in [6.45, 7) is 4.48. The molecule has 0 aromatic heterocycles. The molecule has 6 nitrogen and oxygen atoms in total. The van der Waals surface area contributed by atoms with Crippen LogP contribution in [0.3, 0.4) is 0 Å². The highest BCUT2D eigenvalue weighted by atomic mass is 16.3. The topological polar surface area (TPSA) is 95.7 Å². The summed E-state index contributed by atoms with van der Waals surface area (Å²) >= 11 is 0. The van der Waals surface area contributed by atoms with Gasteiger partial charge in [0, 0.05) is 13.1 Å². The molecule has 86 valence electrons. The van der Waals surface area contributed by atoms with Crippen LogP contribution in [0.4, 0.5) is 4.79 Å². The largest absolute Gasteiger partial charge is 0.389 e. The molecular weight excluding hydrogens is 198 g/mol. The molecule has 0 aromatic rings. The lowest BCUT2D eigenvalue weighted by atomic mass is 10.1. The van der Waals surface area contributed by atoms with Crippen molar-refractivity contribution >= 4 is 11.9 Å². The third kappa shape index (κ3) is 3.17. The number of rotatable bonds is 2. The number of primary amides is 1. The van der Waals surface area contributed by atoms with Crippen LogP contribution in [0, 0.1) is 0 Å². The second-order valence-corrected chi connectivity index (χ2v) is 4.25. The number of amides is 3. The lowest BCUT2D eigenvalue weighted by Gasteiger charge is -2.23. The van der Waals surface area contributed by atoms with Crippen molar-refractivity contribution in [3.05, 3.63) is 0 Å². The predicted octanol–water partition coefficient (Wildman–Crippen LogP) is -0.973. The molecule has 1 aliphatic heterocycles. The van der Waals surface area contributed by atoms with Gasteiger partial charge in [0.2, 0.25) is 5.91 Å². The summed E-state index contributed by atoms with van der Waals surface area (Å²) in [5.41, 5.74) is 4.10. The molecule has 1 rings (SSSR count).